The van der Waals surface area contributed by atoms with Gasteiger partial charge in [0.25, 0.3) is 11.4 Å². The standard InChI is InChI=1S/C7H8ClN.C7H4N2O6/c1-5-4-6(8)2-3-7(5)9;10-7(11)4-1-5(8(12)13)3-6(2-4)9(14)15/h2-4H,9H2,1H3;1-3H,(H,10,11). The quantitative estimate of drug-likeness (QED) is 0.649. The Balaban J connectivity index is 0.000000272. The third kappa shape index (κ3) is 5.30. The molecule has 0 saturated carbocycles. The molecular formula is C14H12ClN3O6. The molecule has 0 saturated heterocycles. The molecular weight excluding hydrogens is 342 g/mol. The molecule has 2 aromatic rings. The van der Waals surface area contributed by atoms with Crippen molar-refractivity contribution in [2.75, 3.05) is 0 Å². The highest BCUT2D eigenvalue weighted by atomic mass is 35.5. The number of nitro groups is 2. The lowest BCUT2D eigenvalue weighted by molar-refractivity contribution is -0.394. The van der Waals surface area contributed by atoms with E-state index in [0.717, 1.165) is 16.3 Å². The van der Waals surface area contributed by atoms with E-state index >= 15 is 0 Å². The summed E-state index contributed by atoms with van der Waals surface area (Å²) in [6.45, 7) is 1.99. The number of aromatic carboxylic acids is 1. The van der Waals surface area contributed by atoms with Crippen molar-refractivity contribution in [3.63, 3.8) is 0 Å². The molecule has 0 atom stereocenters. The number of carbonyl (C=O) groups is 1. The third-order valence-electron chi connectivity index (χ3n) is 2.86. The van der Waals surface area contributed by atoms with E-state index in [4.69, 9.17) is 11.6 Å². The summed E-state index contributed by atoms with van der Waals surface area (Å²) >= 11 is 5.69. The van der Waals surface area contributed by atoms with Gasteiger partial charge in [-0.2, -0.15) is 0 Å². The van der Waals surface area contributed by atoms with E-state index in [1.165, 1.54) is 0 Å². The van der Waals surface area contributed by atoms with Gasteiger partial charge in [-0.05, 0) is 19.1 Å². The van der Waals surface area contributed by atoms with Crippen LogP contribution in [0, 0.1) is 27.2 Å². The molecule has 0 spiro atoms. The number of rotatable bonds is 3. The number of carboxylic acids is 1. The van der Waals surface area contributed by atoms with E-state index in [2.05, 4.69) is 5.73 Å². The van der Waals surface area contributed by atoms with E-state index < -0.39 is 32.8 Å². The average Bonchev–Trinajstić information content (AvgIpc) is 2.51. The number of hydrogen-bond donors (Lipinski definition) is 1. The first kappa shape index (κ1) is 19.0. The van der Waals surface area contributed by atoms with E-state index in [1.54, 1.807) is 0 Å². The van der Waals surface area contributed by atoms with Gasteiger partial charge >= 0.3 is 0 Å². The zero-order valence-electron chi connectivity index (χ0n) is 12.4. The second-order valence-corrected chi connectivity index (χ2v) is 5.05. The van der Waals surface area contributed by atoms with Crippen LogP contribution in [0.25, 0.3) is 0 Å². The topological polar surface area (TPSA) is 154 Å². The Bertz CT molecular complexity index is 730. The van der Waals surface area contributed by atoms with Gasteiger partial charge in [-0.25, -0.2) is 0 Å². The van der Waals surface area contributed by atoms with Crippen molar-refractivity contribution in [2.45, 2.75) is 6.92 Å². The number of hydrogen-bond acceptors (Lipinski definition) is 6. The first-order chi connectivity index (χ1) is 11.1. The summed E-state index contributed by atoms with van der Waals surface area (Å²) in [6, 6.07) is 7.73. The molecule has 10 heteroatoms. The van der Waals surface area contributed by atoms with Gasteiger partial charge in [-0.15, -0.1) is 0 Å². The lowest BCUT2D eigenvalue weighted by Gasteiger charge is -2.01. The van der Waals surface area contributed by atoms with Crippen LogP contribution in [0.2, 0.25) is 5.02 Å². The maximum Gasteiger partial charge on any atom is 0.276 e. The summed E-state index contributed by atoms with van der Waals surface area (Å²) in [5, 5.41) is 31.8. The Morgan fingerprint density at radius 2 is 1.54 bits per heavy atom. The van der Waals surface area contributed by atoms with Crippen molar-refractivity contribution in [1.82, 2.24) is 0 Å². The Labute approximate surface area is 140 Å². The molecule has 2 rings (SSSR count). The summed E-state index contributed by atoms with van der Waals surface area (Å²) in [6.07, 6.45) is 0. The molecule has 126 valence electrons. The van der Waals surface area contributed by atoms with Crippen molar-refractivity contribution in [1.29, 1.82) is 0 Å². The molecule has 0 radical (unpaired) electrons. The van der Waals surface area contributed by atoms with Gasteiger partial charge in [-0.1, -0.05) is 11.6 Å². The summed E-state index contributed by atoms with van der Waals surface area (Å²) in [5.41, 5.74) is 4.06. The van der Waals surface area contributed by atoms with Crippen molar-refractivity contribution < 1.29 is 25.5 Å². The SMILES string of the molecule is Cc1cc(Cl)ccc1[NH3+].O=C([O-])c1cc([N+](=O)[O-])cc([N+](=O)[O-])c1. The third-order valence-corrected chi connectivity index (χ3v) is 3.10. The Hall–Kier alpha value is -3.04. The molecule has 3 N–H and O–H groups in total. The zero-order valence-corrected chi connectivity index (χ0v) is 13.1. The molecule has 0 unspecified atom stereocenters. The van der Waals surface area contributed by atoms with E-state index in [-0.39, 0.29) is 0 Å². The smallest absolute Gasteiger partial charge is 0.276 e. The maximum atomic E-state index is 10.4. The van der Waals surface area contributed by atoms with Crippen LogP contribution < -0.4 is 10.8 Å². The van der Waals surface area contributed by atoms with Crippen LogP contribution in [-0.2, 0) is 0 Å². The van der Waals surface area contributed by atoms with Gasteiger partial charge in [0.05, 0.1) is 21.9 Å². The first-order valence-corrected chi connectivity index (χ1v) is 6.73. The fourth-order valence-corrected chi connectivity index (χ4v) is 1.81. The number of carboxylic acid groups (broad SMARTS) is 1. The van der Waals surface area contributed by atoms with Gasteiger partial charge in [-0.3, -0.25) is 20.2 Å². The van der Waals surface area contributed by atoms with Crippen LogP contribution >= 0.6 is 11.6 Å². The lowest BCUT2D eigenvalue weighted by atomic mass is 10.2. The summed E-state index contributed by atoms with van der Waals surface area (Å²) in [7, 11) is 0. The molecule has 0 aliphatic heterocycles. The van der Waals surface area contributed by atoms with Crippen molar-refractivity contribution in [3.8, 4) is 0 Å². The van der Waals surface area contributed by atoms with Crippen LogP contribution in [0.3, 0.4) is 0 Å². The molecule has 2 aromatic carbocycles. The van der Waals surface area contributed by atoms with E-state index in [1.807, 2.05) is 25.1 Å². The van der Waals surface area contributed by atoms with E-state index in [9.17, 15) is 30.1 Å². The van der Waals surface area contributed by atoms with Gasteiger partial charge < -0.3 is 15.6 Å². The van der Waals surface area contributed by atoms with Gasteiger partial charge in [0.2, 0.25) is 0 Å². The molecule has 24 heavy (non-hydrogen) atoms. The molecule has 0 aliphatic rings. The van der Waals surface area contributed by atoms with Crippen molar-refractivity contribution in [3.05, 3.63) is 72.8 Å². The Kier molecular flexibility index (Phi) is 6.33. The number of aryl methyl sites for hydroxylation is 1. The predicted octanol–water partition coefficient (Wildman–Crippen LogP) is 1.39. The zero-order chi connectivity index (χ0) is 18.4. The number of nitrogens with zero attached hydrogens (tertiary/aromatic N) is 2. The molecule has 0 amide bonds. The summed E-state index contributed by atoms with van der Waals surface area (Å²) in [5.74, 6) is -1.71. The summed E-state index contributed by atoms with van der Waals surface area (Å²) in [4.78, 5) is 29.2. The highest BCUT2D eigenvalue weighted by Crippen LogP contribution is 2.22. The fourth-order valence-electron chi connectivity index (χ4n) is 1.58. The Morgan fingerprint density at radius 1 is 1.04 bits per heavy atom. The van der Waals surface area contributed by atoms with Gasteiger partial charge in [0.15, 0.2) is 0 Å². The molecule has 0 aromatic heterocycles. The minimum Gasteiger partial charge on any atom is -0.545 e. The van der Waals surface area contributed by atoms with Crippen LogP contribution in [-0.4, -0.2) is 15.8 Å². The predicted molar refractivity (Wildman–Crippen MR) is 82.8 cm³/mol. The minimum absolute atomic E-state index is 0.601. The highest BCUT2D eigenvalue weighted by Gasteiger charge is 2.16. The largest absolute Gasteiger partial charge is 0.545 e. The number of halogens is 1. The fraction of sp³-hybridized carbons (Fsp3) is 0.0714. The second kappa shape index (κ2) is 7.99. The number of quaternary nitrogens is 1. The van der Waals surface area contributed by atoms with E-state index in [0.29, 0.717) is 18.2 Å². The van der Waals surface area contributed by atoms with Crippen LogP contribution in [0.4, 0.5) is 17.1 Å². The van der Waals surface area contributed by atoms with Gasteiger partial charge in [0, 0.05) is 34.3 Å². The normalized spacial score (nSPS) is 9.62. The molecule has 0 aliphatic carbocycles. The highest BCUT2D eigenvalue weighted by molar-refractivity contribution is 6.30. The monoisotopic (exact) mass is 353 g/mol. The summed E-state index contributed by atoms with van der Waals surface area (Å²) < 4.78 is 0. The molecule has 0 heterocycles. The number of carbonyl (C=O) groups excluding carboxylic acids is 1. The average molecular weight is 354 g/mol. The van der Waals surface area contributed by atoms with Gasteiger partial charge in [0.1, 0.15) is 5.69 Å². The number of nitro benzene ring substituents is 2. The van der Waals surface area contributed by atoms with Crippen molar-refractivity contribution >= 4 is 34.6 Å². The Morgan fingerprint density at radius 3 is 1.88 bits per heavy atom. The lowest BCUT2D eigenvalue weighted by Crippen LogP contribution is -2.40. The first-order valence-electron chi connectivity index (χ1n) is 6.35. The number of benzene rings is 2. The minimum atomic E-state index is -1.71. The number of non-ortho nitro benzene ring substituents is 2. The molecule has 9 nitrogen and oxygen atoms in total. The molecule has 0 bridgehead atoms. The van der Waals surface area contributed by atoms with Crippen LogP contribution in [0.15, 0.2) is 36.4 Å². The maximum absolute atomic E-state index is 10.4. The van der Waals surface area contributed by atoms with Crippen molar-refractivity contribution in [2.24, 2.45) is 0 Å². The van der Waals surface area contributed by atoms with Crippen LogP contribution in [0.5, 0.6) is 0 Å². The second-order valence-electron chi connectivity index (χ2n) is 4.61. The molecule has 0 fully saturated rings. The van der Waals surface area contributed by atoms with Crippen LogP contribution in [0.1, 0.15) is 15.9 Å².